The molecule has 25 heavy (non-hydrogen) atoms. The van der Waals surface area contributed by atoms with Crippen molar-refractivity contribution in [3.63, 3.8) is 0 Å². The minimum atomic E-state index is -3.56. The number of benzene rings is 1. The van der Waals surface area contributed by atoms with Gasteiger partial charge in [-0.1, -0.05) is 18.2 Å². The zero-order valence-corrected chi connectivity index (χ0v) is 15.5. The summed E-state index contributed by atoms with van der Waals surface area (Å²) in [4.78, 5) is 12.9. The molecule has 0 saturated carbocycles. The zero-order chi connectivity index (χ0) is 17.7. The number of thiophene rings is 1. The van der Waals surface area contributed by atoms with Crippen LogP contribution in [0.15, 0.2) is 51.6 Å². The van der Waals surface area contributed by atoms with Gasteiger partial charge in [-0.25, -0.2) is 8.42 Å². The minimum absolute atomic E-state index is 0.195. The number of carbonyl (C=O) groups is 1. The van der Waals surface area contributed by atoms with E-state index >= 15 is 0 Å². The van der Waals surface area contributed by atoms with E-state index in [0.29, 0.717) is 17.3 Å². The Labute approximate surface area is 152 Å². The molecule has 5 nitrogen and oxygen atoms in total. The fourth-order valence-electron chi connectivity index (χ4n) is 2.95. The first-order chi connectivity index (χ1) is 12.1. The Morgan fingerprint density at radius 1 is 1.20 bits per heavy atom. The first kappa shape index (κ1) is 18.1. The number of amides is 1. The van der Waals surface area contributed by atoms with Gasteiger partial charge in [0.2, 0.25) is 9.84 Å². The van der Waals surface area contributed by atoms with E-state index in [-0.39, 0.29) is 15.0 Å². The third-order valence-electron chi connectivity index (χ3n) is 4.36. The minimum Gasteiger partial charge on any atom is -0.351 e. The fourth-order valence-corrected chi connectivity index (χ4v) is 5.60. The van der Waals surface area contributed by atoms with Crippen LogP contribution in [0.3, 0.4) is 0 Å². The summed E-state index contributed by atoms with van der Waals surface area (Å²) in [6, 6.07) is 11.4. The molecule has 1 saturated heterocycles. The molecular weight excluding hydrogens is 356 g/mol. The monoisotopic (exact) mass is 378 g/mol. The molecular formula is C18H22N2O3S2. The summed E-state index contributed by atoms with van der Waals surface area (Å²) in [6.45, 7) is 2.70. The highest BCUT2D eigenvalue weighted by atomic mass is 32.2. The fraction of sp³-hybridized carbons (Fsp3) is 0.389. The van der Waals surface area contributed by atoms with E-state index in [4.69, 9.17) is 0 Å². The van der Waals surface area contributed by atoms with Crippen molar-refractivity contribution in [2.75, 3.05) is 19.6 Å². The van der Waals surface area contributed by atoms with Crippen molar-refractivity contribution in [1.82, 2.24) is 10.6 Å². The summed E-state index contributed by atoms with van der Waals surface area (Å²) in [5, 5.41) is 6.26. The van der Waals surface area contributed by atoms with Gasteiger partial charge < -0.3 is 10.6 Å². The Morgan fingerprint density at radius 2 is 2.00 bits per heavy atom. The molecule has 1 atom stereocenters. The van der Waals surface area contributed by atoms with Crippen LogP contribution in [0.4, 0.5) is 0 Å². The Morgan fingerprint density at radius 3 is 2.72 bits per heavy atom. The van der Waals surface area contributed by atoms with Crippen LogP contribution in [0.25, 0.3) is 0 Å². The molecule has 134 valence electrons. The lowest BCUT2D eigenvalue weighted by Gasteiger charge is -2.22. The summed E-state index contributed by atoms with van der Waals surface area (Å²) in [5.41, 5.74) is 0. The molecule has 0 spiro atoms. The Balaban J connectivity index is 1.60. The molecule has 3 rings (SSSR count). The highest BCUT2D eigenvalue weighted by Gasteiger charge is 2.21. The molecule has 0 radical (unpaired) electrons. The van der Waals surface area contributed by atoms with Gasteiger partial charge in [0.05, 0.1) is 9.77 Å². The SMILES string of the molecule is O=C(NCCC1CCCNC1)c1ccc(S(=O)(=O)c2ccccc2)s1. The van der Waals surface area contributed by atoms with Crippen LogP contribution in [0.1, 0.15) is 28.9 Å². The highest BCUT2D eigenvalue weighted by Crippen LogP contribution is 2.27. The second-order valence-corrected chi connectivity index (χ2v) is 9.45. The summed E-state index contributed by atoms with van der Waals surface area (Å²) >= 11 is 1.02. The maximum atomic E-state index is 12.6. The molecule has 2 N–H and O–H groups in total. The summed E-state index contributed by atoms with van der Waals surface area (Å²) in [6.07, 6.45) is 3.32. The van der Waals surface area contributed by atoms with E-state index in [9.17, 15) is 13.2 Å². The van der Waals surface area contributed by atoms with Crippen LogP contribution in [0.5, 0.6) is 0 Å². The van der Waals surface area contributed by atoms with Gasteiger partial charge in [-0.15, -0.1) is 11.3 Å². The molecule has 1 aliphatic rings. The second-order valence-electron chi connectivity index (χ2n) is 6.19. The molecule has 0 aliphatic carbocycles. The average molecular weight is 379 g/mol. The Kier molecular flexibility index (Phi) is 5.88. The lowest BCUT2D eigenvalue weighted by atomic mass is 9.96. The highest BCUT2D eigenvalue weighted by molar-refractivity contribution is 7.93. The third-order valence-corrected chi connectivity index (χ3v) is 7.71. The molecule has 1 aromatic heterocycles. The maximum absolute atomic E-state index is 12.6. The molecule has 2 aromatic rings. The van der Waals surface area contributed by atoms with Crippen molar-refractivity contribution in [1.29, 1.82) is 0 Å². The van der Waals surface area contributed by atoms with E-state index in [1.807, 2.05) is 0 Å². The molecule has 1 amide bonds. The van der Waals surface area contributed by atoms with Crippen molar-refractivity contribution >= 4 is 27.1 Å². The van der Waals surface area contributed by atoms with E-state index in [0.717, 1.165) is 30.8 Å². The number of carbonyl (C=O) groups excluding carboxylic acids is 1. The second kappa shape index (κ2) is 8.12. The van der Waals surface area contributed by atoms with Crippen LogP contribution in [-0.4, -0.2) is 34.0 Å². The van der Waals surface area contributed by atoms with Gasteiger partial charge in [0, 0.05) is 6.54 Å². The molecule has 1 fully saturated rings. The van der Waals surface area contributed by atoms with Gasteiger partial charge in [0.25, 0.3) is 5.91 Å². The van der Waals surface area contributed by atoms with E-state index in [2.05, 4.69) is 10.6 Å². The zero-order valence-electron chi connectivity index (χ0n) is 13.9. The molecule has 0 bridgehead atoms. The normalized spacial score (nSPS) is 18.0. The van der Waals surface area contributed by atoms with Crippen molar-refractivity contribution in [3.8, 4) is 0 Å². The largest absolute Gasteiger partial charge is 0.351 e. The van der Waals surface area contributed by atoms with Crippen LogP contribution in [-0.2, 0) is 9.84 Å². The van der Waals surface area contributed by atoms with Crippen molar-refractivity contribution in [2.24, 2.45) is 5.92 Å². The topological polar surface area (TPSA) is 75.3 Å². The van der Waals surface area contributed by atoms with Gasteiger partial charge in [-0.05, 0) is 62.5 Å². The average Bonchev–Trinajstić information content (AvgIpc) is 3.14. The lowest BCUT2D eigenvalue weighted by Crippen LogP contribution is -2.33. The third kappa shape index (κ3) is 4.48. The quantitative estimate of drug-likeness (QED) is 0.810. The van der Waals surface area contributed by atoms with Crippen LogP contribution in [0, 0.1) is 5.92 Å². The van der Waals surface area contributed by atoms with Gasteiger partial charge >= 0.3 is 0 Å². The first-order valence-electron chi connectivity index (χ1n) is 8.46. The van der Waals surface area contributed by atoms with E-state index < -0.39 is 9.84 Å². The summed E-state index contributed by atoms with van der Waals surface area (Å²) < 4.78 is 25.3. The number of sulfone groups is 1. The number of nitrogens with one attached hydrogen (secondary N) is 2. The Hall–Kier alpha value is -1.70. The van der Waals surface area contributed by atoms with Crippen LogP contribution >= 0.6 is 11.3 Å². The lowest BCUT2D eigenvalue weighted by molar-refractivity contribution is 0.0954. The van der Waals surface area contributed by atoms with E-state index in [1.54, 1.807) is 36.4 Å². The first-order valence-corrected chi connectivity index (χ1v) is 10.8. The summed E-state index contributed by atoms with van der Waals surface area (Å²) in [5.74, 6) is 0.398. The molecule has 1 unspecified atom stereocenters. The molecule has 2 heterocycles. The Bertz CT molecular complexity index is 810. The van der Waals surface area contributed by atoms with Crippen molar-refractivity contribution < 1.29 is 13.2 Å². The van der Waals surface area contributed by atoms with Crippen molar-refractivity contribution in [3.05, 3.63) is 47.3 Å². The predicted molar refractivity (Wildman–Crippen MR) is 98.8 cm³/mol. The van der Waals surface area contributed by atoms with E-state index in [1.165, 1.54) is 18.9 Å². The van der Waals surface area contributed by atoms with Gasteiger partial charge in [0.15, 0.2) is 0 Å². The standard InChI is InChI=1S/C18H22N2O3S2/c21-18(20-12-10-14-5-4-11-19-13-14)16-8-9-17(24-16)25(22,23)15-6-2-1-3-7-15/h1-3,6-9,14,19H,4-5,10-13H2,(H,20,21). The predicted octanol–water partition coefficient (Wildman–Crippen LogP) is 2.70. The molecule has 7 heteroatoms. The smallest absolute Gasteiger partial charge is 0.261 e. The van der Waals surface area contributed by atoms with Gasteiger partial charge in [-0.3, -0.25) is 4.79 Å². The number of rotatable bonds is 6. The van der Waals surface area contributed by atoms with Crippen LogP contribution in [0.2, 0.25) is 0 Å². The number of hydrogen-bond donors (Lipinski definition) is 2. The molecule has 1 aliphatic heterocycles. The van der Waals surface area contributed by atoms with Gasteiger partial charge in [0.1, 0.15) is 4.21 Å². The molecule has 1 aromatic carbocycles. The van der Waals surface area contributed by atoms with Crippen LogP contribution < -0.4 is 10.6 Å². The maximum Gasteiger partial charge on any atom is 0.261 e. The number of piperidine rings is 1. The van der Waals surface area contributed by atoms with Gasteiger partial charge in [-0.2, -0.15) is 0 Å². The summed E-state index contributed by atoms with van der Waals surface area (Å²) in [7, 11) is -3.56. The van der Waals surface area contributed by atoms with Crippen molar-refractivity contribution in [2.45, 2.75) is 28.4 Å². The number of hydrogen-bond acceptors (Lipinski definition) is 5.